The van der Waals surface area contributed by atoms with Crippen LogP contribution in [0.15, 0.2) is 83.5 Å². The predicted octanol–water partition coefficient (Wildman–Crippen LogP) is 4.56. The van der Waals surface area contributed by atoms with Gasteiger partial charge in [0.15, 0.2) is 0 Å². The molecule has 0 atom stereocenters. The third-order valence-electron chi connectivity index (χ3n) is 2.82. The molecule has 0 N–H and O–H groups in total. The Morgan fingerprint density at radius 2 is 1.45 bits per heavy atom. The Bertz CT molecular complexity index is 709. The molecule has 0 fully saturated rings. The first-order valence-electron chi connectivity index (χ1n) is 6.25. The number of azo groups is 1. The van der Waals surface area contributed by atoms with Crippen molar-refractivity contribution in [3.8, 4) is 11.1 Å². The normalized spacial score (nSPS) is 10.8. The fourth-order valence-corrected chi connectivity index (χ4v) is 1.85. The molecule has 3 rings (SSSR count). The molecule has 0 radical (unpaired) electrons. The third kappa shape index (κ3) is 2.75. The Kier molecular flexibility index (Phi) is 3.55. The lowest BCUT2D eigenvalue weighted by Crippen LogP contribution is -1.80. The summed E-state index contributed by atoms with van der Waals surface area (Å²) in [6.45, 7) is 0. The van der Waals surface area contributed by atoms with E-state index in [4.69, 9.17) is 0 Å². The Morgan fingerprint density at radius 3 is 2.25 bits per heavy atom. The van der Waals surface area contributed by atoms with Gasteiger partial charge in [-0.2, -0.15) is 5.11 Å². The van der Waals surface area contributed by atoms with Crippen molar-refractivity contribution in [1.82, 2.24) is 9.97 Å². The lowest BCUT2D eigenvalue weighted by molar-refractivity contribution is 1.20. The molecule has 4 heteroatoms. The fourth-order valence-electron chi connectivity index (χ4n) is 1.85. The first-order chi connectivity index (χ1) is 9.93. The van der Waals surface area contributed by atoms with Gasteiger partial charge in [0.1, 0.15) is 5.69 Å². The standard InChI is InChI=1S/C16H12N4/c1-2-4-14(5-3-1)19-20-16-12-18-11-8-15(16)13-6-9-17-10-7-13/h1-12H. The minimum absolute atomic E-state index is 0.738. The summed E-state index contributed by atoms with van der Waals surface area (Å²) in [6.07, 6.45) is 6.97. The smallest absolute Gasteiger partial charge is 0.112 e. The Hall–Kier alpha value is -2.88. The van der Waals surface area contributed by atoms with E-state index in [9.17, 15) is 0 Å². The zero-order valence-electron chi connectivity index (χ0n) is 10.7. The molecule has 0 saturated heterocycles. The van der Waals surface area contributed by atoms with Crippen molar-refractivity contribution in [2.75, 3.05) is 0 Å². The SMILES string of the molecule is c1ccc(N=Nc2cnccc2-c2ccncc2)cc1. The quantitative estimate of drug-likeness (QED) is 0.648. The van der Waals surface area contributed by atoms with Gasteiger partial charge in [0.05, 0.1) is 11.9 Å². The molecule has 0 unspecified atom stereocenters. The van der Waals surface area contributed by atoms with Gasteiger partial charge in [-0.1, -0.05) is 18.2 Å². The van der Waals surface area contributed by atoms with E-state index >= 15 is 0 Å². The molecule has 0 spiro atoms. The van der Waals surface area contributed by atoms with E-state index in [1.165, 1.54) is 0 Å². The number of aromatic nitrogens is 2. The predicted molar refractivity (Wildman–Crippen MR) is 78.1 cm³/mol. The number of nitrogens with zero attached hydrogens (tertiary/aromatic N) is 4. The number of hydrogen-bond acceptors (Lipinski definition) is 4. The monoisotopic (exact) mass is 260 g/mol. The first-order valence-corrected chi connectivity index (χ1v) is 6.25. The second-order valence-corrected chi connectivity index (χ2v) is 4.16. The zero-order chi connectivity index (χ0) is 13.6. The summed E-state index contributed by atoms with van der Waals surface area (Å²) in [7, 11) is 0. The third-order valence-corrected chi connectivity index (χ3v) is 2.82. The molecule has 1 aromatic carbocycles. The van der Waals surface area contributed by atoms with E-state index in [1.807, 2.05) is 48.5 Å². The van der Waals surface area contributed by atoms with Gasteiger partial charge in [-0.15, -0.1) is 5.11 Å². The average Bonchev–Trinajstić information content (AvgIpc) is 2.55. The van der Waals surface area contributed by atoms with Gasteiger partial charge in [0, 0.05) is 24.2 Å². The van der Waals surface area contributed by atoms with Crippen LogP contribution in [-0.4, -0.2) is 9.97 Å². The zero-order valence-corrected chi connectivity index (χ0v) is 10.7. The van der Waals surface area contributed by atoms with Crippen molar-refractivity contribution < 1.29 is 0 Å². The van der Waals surface area contributed by atoms with Crippen molar-refractivity contribution in [3.05, 3.63) is 73.3 Å². The Morgan fingerprint density at radius 1 is 0.700 bits per heavy atom. The van der Waals surface area contributed by atoms with Crippen LogP contribution in [-0.2, 0) is 0 Å². The van der Waals surface area contributed by atoms with Crippen LogP contribution in [0.3, 0.4) is 0 Å². The highest BCUT2D eigenvalue weighted by Crippen LogP contribution is 2.29. The number of pyridine rings is 2. The highest BCUT2D eigenvalue weighted by atomic mass is 15.1. The van der Waals surface area contributed by atoms with Crippen LogP contribution in [0.5, 0.6) is 0 Å². The molecule has 0 aliphatic carbocycles. The van der Waals surface area contributed by atoms with Crippen molar-refractivity contribution >= 4 is 11.4 Å². The van der Waals surface area contributed by atoms with Gasteiger partial charge in [-0.3, -0.25) is 9.97 Å². The van der Waals surface area contributed by atoms with E-state index < -0.39 is 0 Å². The highest BCUT2D eigenvalue weighted by molar-refractivity contribution is 5.74. The lowest BCUT2D eigenvalue weighted by atomic mass is 10.1. The van der Waals surface area contributed by atoms with Gasteiger partial charge in [-0.25, -0.2) is 0 Å². The van der Waals surface area contributed by atoms with E-state index in [0.29, 0.717) is 0 Å². The minimum atomic E-state index is 0.738. The molecule has 0 amide bonds. The molecule has 0 aliphatic heterocycles. The van der Waals surface area contributed by atoms with Gasteiger partial charge in [-0.05, 0) is 35.9 Å². The summed E-state index contributed by atoms with van der Waals surface area (Å²) in [4.78, 5) is 8.14. The molecule has 0 aliphatic rings. The van der Waals surface area contributed by atoms with E-state index in [0.717, 1.165) is 22.5 Å². The molecule has 20 heavy (non-hydrogen) atoms. The largest absolute Gasteiger partial charge is 0.265 e. The van der Waals surface area contributed by atoms with Crippen LogP contribution in [0.25, 0.3) is 11.1 Å². The molecular weight excluding hydrogens is 248 g/mol. The lowest BCUT2D eigenvalue weighted by Gasteiger charge is -2.03. The molecule has 0 saturated carbocycles. The number of rotatable bonds is 3. The van der Waals surface area contributed by atoms with Crippen LogP contribution in [0.1, 0.15) is 0 Å². The van der Waals surface area contributed by atoms with Gasteiger partial charge >= 0.3 is 0 Å². The summed E-state index contributed by atoms with van der Waals surface area (Å²) >= 11 is 0. The second-order valence-electron chi connectivity index (χ2n) is 4.16. The fraction of sp³-hybridized carbons (Fsp3) is 0. The molecule has 2 heterocycles. The van der Waals surface area contributed by atoms with E-state index in [-0.39, 0.29) is 0 Å². The average molecular weight is 260 g/mol. The molecule has 0 bridgehead atoms. The molecular formula is C16H12N4. The highest BCUT2D eigenvalue weighted by Gasteiger charge is 2.03. The molecule has 4 nitrogen and oxygen atoms in total. The minimum Gasteiger partial charge on any atom is -0.265 e. The van der Waals surface area contributed by atoms with Gasteiger partial charge in [0.2, 0.25) is 0 Å². The summed E-state index contributed by atoms with van der Waals surface area (Å²) in [5.74, 6) is 0. The van der Waals surface area contributed by atoms with Crippen LogP contribution < -0.4 is 0 Å². The maximum absolute atomic E-state index is 4.29. The molecule has 96 valence electrons. The van der Waals surface area contributed by atoms with Gasteiger partial charge < -0.3 is 0 Å². The Balaban J connectivity index is 1.97. The summed E-state index contributed by atoms with van der Waals surface area (Å²) in [5.41, 5.74) is 3.59. The maximum atomic E-state index is 4.29. The Labute approximate surface area is 116 Å². The maximum Gasteiger partial charge on any atom is 0.112 e. The topological polar surface area (TPSA) is 50.5 Å². The summed E-state index contributed by atoms with van der Waals surface area (Å²) in [5, 5.41) is 8.53. The summed E-state index contributed by atoms with van der Waals surface area (Å²) < 4.78 is 0. The van der Waals surface area contributed by atoms with Crippen LogP contribution >= 0.6 is 0 Å². The number of benzene rings is 1. The van der Waals surface area contributed by atoms with Crippen molar-refractivity contribution in [1.29, 1.82) is 0 Å². The van der Waals surface area contributed by atoms with Crippen LogP contribution in [0.4, 0.5) is 11.4 Å². The second kappa shape index (κ2) is 5.84. The summed E-state index contributed by atoms with van der Waals surface area (Å²) in [6, 6.07) is 15.4. The van der Waals surface area contributed by atoms with E-state index in [2.05, 4.69) is 20.2 Å². The van der Waals surface area contributed by atoms with E-state index in [1.54, 1.807) is 24.8 Å². The van der Waals surface area contributed by atoms with Crippen LogP contribution in [0.2, 0.25) is 0 Å². The number of hydrogen-bond donors (Lipinski definition) is 0. The van der Waals surface area contributed by atoms with Crippen molar-refractivity contribution in [2.45, 2.75) is 0 Å². The molecule has 2 aromatic heterocycles. The van der Waals surface area contributed by atoms with Gasteiger partial charge in [0.25, 0.3) is 0 Å². The van der Waals surface area contributed by atoms with Crippen LogP contribution in [0, 0.1) is 0 Å². The van der Waals surface area contributed by atoms with Crippen molar-refractivity contribution in [2.24, 2.45) is 10.2 Å². The molecule has 3 aromatic rings. The first kappa shape index (κ1) is 12.2. The van der Waals surface area contributed by atoms with Crippen molar-refractivity contribution in [3.63, 3.8) is 0 Å².